The van der Waals surface area contributed by atoms with Crippen molar-refractivity contribution in [3.63, 3.8) is 0 Å². The molecule has 6 aromatic rings. The van der Waals surface area contributed by atoms with Crippen molar-refractivity contribution in [1.29, 1.82) is 0 Å². The molecule has 0 aromatic heterocycles. The van der Waals surface area contributed by atoms with Gasteiger partial charge in [-0.25, -0.2) is 0 Å². The van der Waals surface area contributed by atoms with Gasteiger partial charge in [-0.05, 0) is 133 Å². The van der Waals surface area contributed by atoms with Crippen LogP contribution in [0.5, 0.6) is 34.5 Å². The quantitative estimate of drug-likeness (QED) is 0.0537. The van der Waals surface area contributed by atoms with E-state index < -0.39 is 0 Å². The molecule has 0 saturated carbocycles. The Kier molecular flexibility index (Phi) is 26.7. The summed E-state index contributed by atoms with van der Waals surface area (Å²) >= 11 is 0. The largest absolute Gasteiger partial charge is 0.491 e. The van der Waals surface area contributed by atoms with Crippen LogP contribution in [0.1, 0.15) is 225 Å². The maximum atomic E-state index is 7.19. The zero-order valence-corrected chi connectivity index (χ0v) is 63.6. The Labute approximate surface area is 579 Å². The van der Waals surface area contributed by atoms with E-state index in [1.807, 2.05) is 0 Å². The molecule has 12 nitrogen and oxygen atoms in total. The molecule has 96 heavy (non-hydrogen) atoms. The van der Waals surface area contributed by atoms with Crippen LogP contribution in [0.3, 0.4) is 0 Å². The van der Waals surface area contributed by atoms with Crippen LogP contribution in [-0.4, -0.2) is 122 Å². The minimum Gasteiger partial charge on any atom is -0.491 e. The summed E-state index contributed by atoms with van der Waals surface area (Å²) in [6.07, 6.45) is 3.02. The molecule has 1 aliphatic carbocycles. The van der Waals surface area contributed by atoms with Gasteiger partial charge in [0.05, 0.1) is 39.6 Å². The average Bonchev–Trinajstić information content (AvgIpc) is 0.775. The third-order valence-corrected chi connectivity index (χ3v) is 18.1. The van der Waals surface area contributed by atoms with Gasteiger partial charge >= 0.3 is 0 Å². The first-order valence-corrected chi connectivity index (χ1v) is 34.8. The van der Waals surface area contributed by atoms with Crippen LogP contribution in [0.25, 0.3) is 0 Å². The second-order valence-corrected chi connectivity index (χ2v) is 32.3. The summed E-state index contributed by atoms with van der Waals surface area (Å²) in [5.74, 6) is 4.93. The zero-order chi connectivity index (χ0) is 70.6. The van der Waals surface area contributed by atoms with Gasteiger partial charge in [-0.15, -0.1) is 0 Å². The highest BCUT2D eigenvalue weighted by Gasteiger charge is 2.32. The van der Waals surface area contributed by atoms with E-state index in [-0.39, 0.29) is 32.5 Å². The van der Waals surface area contributed by atoms with Crippen molar-refractivity contribution >= 4 is 0 Å². The van der Waals surface area contributed by atoms with Crippen LogP contribution in [0.2, 0.25) is 0 Å². The lowest BCUT2D eigenvalue weighted by Gasteiger charge is -2.29. The SMILES string of the molecule is COCCOc1c2cc(C(C)(C)C)cc1Cc1cc(C(C)(C)C)cc(c1OCCOC)Cc1cc(C(C)(C)C)cc(c1OCCOC)Cc1cc(C(C)(C)C)cc(c1OCCOC)Cc1cc(C(C)(C)C)cc(c1OCCOC)Cc1cc(C(C)(C)C)cc(c1OCCOC)C2. The molecule has 0 fully saturated rings. The lowest BCUT2D eigenvalue weighted by molar-refractivity contribution is 0.144. The predicted octanol–water partition coefficient (Wildman–Crippen LogP) is 17.5. The number of ether oxygens (including phenoxy) is 12. The van der Waals surface area contributed by atoms with Gasteiger partial charge in [-0.2, -0.15) is 0 Å². The summed E-state index contributed by atoms with van der Waals surface area (Å²) < 4.78 is 77.7. The standard InChI is InChI=1S/C84H120O12/c1-79(2,3)67-43-55-37-57-45-68(80(4,5)6)47-59(74(57)92-32-26-86-20)39-61-49-70(82(10,11)12)51-63(76(61)94-34-28-88-22)41-65-53-72(84(16,17)18)54-66(78(65)96-36-30-90-24)42-64-52-71(83(13,14)15)50-62(77(64)95-35-29-89-23)40-60-48-69(81(7,8)9)46-58(75(60)93-33-27-87-21)38-56(44-67)73(55)91-31-25-85-19/h43-54H,25-42H2,1-24H3. The number of hydrogen-bond acceptors (Lipinski definition) is 12. The molecule has 0 radical (unpaired) electrons. The number of methoxy groups -OCH3 is 6. The Morgan fingerprint density at radius 3 is 0.375 bits per heavy atom. The van der Waals surface area contributed by atoms with E-state index in [4.69, 9.17) is 56.8 Å². The van der Waals surface area contributed by atoms with E-state index in [0.717, 1.165) is 101 Å². The van der Waals surface area contributed by atoms with E-state index in [2.05, 4.69) is 197 Å². The van der Waals surface area contributed by atoms with Gasteiger partial charge in [-0.1, -0.05) is 197 Å². The number of rotatable bonds is 24. The molecular weight excluding hydrogens is 1200 g/mol. The van der Waals surface area contributed by atoms with Crippen LogP contribution >= 0.6 is 0 Å². The van der Waals surface area contributed by atoms with Crippen molar-refractivity contribution in [3.8, 4) is 34.5 Å². The van der Waals surface area contributed by atoms with Gasteiger partial charge in [0.2, 0.25) is 0 Å². The van der Waals surface area contributed by atoms with E-state index in [1.54, 1.807) is 42.7 Å². The van der Waals surface area contributed by atoms with E-state index in [1.165, 1.54) is 33.4 Å². The lowest BCUT2D eigenvalue weighted by Crippen LogP contribution is -2.19. The monoisotopic (exact) mass is 1320 g/mol. The molecule has 6 aromatic carbocycles. The minimum absolute atomic E-state index is 0.251. The van der Waals surface area contributed by atoms with Gasteiger partial charge < -0.3 is 56.8 Å². The topological polar surface area (TPSA) is 111 Å². The second kappa shape index (κ2) is 33.2. The number of hydrogen-bond donors (Lipinski definition) is 0. The third-order valence-electron chi connectivity index (χ3n) is 18.1. The highest BCUT2D eigenvalue weighted by Crippen LogP contribution is 2.46. The van der Waals surface area contributed by atoms with Gasteiger partial charge in [-0.3, -0.25) is 0 Å². The molecule has 0 unspecified atom stereocenters. The zero-order valence-electron chi connectivity index (χ0n) is 63.6. The van der Waals surface area contributed by atoms with Crippen LogP contribution in [-0.2, 0) is 99.4 Å². The molecule has 7 rings (SSSR count). The van der Waals surface area contributed by atoms with Crippen molar-refractivity contribution in [2.75, 3.05) is 122 Å². The normalized spacial score (nSPS) is 13.5. The summed E-state index contributed by atoms with van der Waals surface area (Å²) in [5, 5.41) is 0. The van der Waals surface area contributed by atoms with Gasteiger partial charge in [0.25, 0.3) is 0 Å². The summed E-state index contributed by atoms with van der Waals surface area (Å²) in [5.41, 5.74) is 18.3. The van der Waals surface area contributed by atoms with Crippen LogP contribution in [0.15, 0.2) is 72.8 Å². The van der Waals surface area contributed by atoms with Crippen LogP contribution < -0.4 is 28.4 Å². The molecular formula is C84H120O12. The maximum Gasteiger partial charge on any atom is 0.126 e. The average molecular weight is 1320 g/mol. The molecule has 0 atom stereocenters. The van der Waals surface area contributed by atoms with Crippen molar-refractivity contribution < 1.29 is 56.8 Å². The first kappa shape index (κ1) is 77.2. The molecule has 0 N–H and O–H groups in total. The van der Waals surface area contributed by atoms with E-state index in [0.29, 0.717) is 118 Å². The van der Waals surface area contributed by atoms with Gasteiger partial charge in [0.15, 0.2) is 0 Å². The second-order valence-electron chi connectivity index (χ2n) is 32.3. The predicted molar refractivity (Wildman–Crippen MR) is 392 cm³/mol. The fourth-order valence-corrected chi connectivity index (χ4v) is 12.4. The summed E-state index contributed by atoms with van der Waals surface area (Å²) in [7, 11) is 10.4. The van der Waals surface area contributed by atoms with Crippen LogP contribution in [0, 0.1) is 0 Å². The van der Waals surface area contributed by atoms with Crippen molar-refractivity contribution in [2.45, 2.75) is 196 Å². The Hall–Kier alpha value is -6.12. The van der Waals surface area contributed by atoms with Crippen molar-refractivity contribution in [2.24, 2.45) is 0 Å². The minimum atomic E-state index is -0.251. The van der Waals surface area contributed by atoms with E-state index in [9.17, 15) is 0 Å². The fourth-order valence-electron chi connectivity index (χ4n) is 12.4. The molecule has 0 amide bonds. The smallest absolute Gasteiger partial charge is 0.126 e. The Balaban J connectivity index is 1.75. The fraction of sp³-hybridized carbons (Fsp3) is 0.571. The Morgan fingerprint density at radius 2 is 0.292 bits per heavy atom. The van der Waals surface area contributed by atoms with Gasteiger partial charge in [0.1, 0.15) is 74.1 Å². The number of fused-ring (bicyclic) bond motifs is 12. The summed E-state index contributed by atoms with van der Waals surface area (Å²) in [6.45, 7) is 45.8. The molecule has 12 heteroatoms. The van der Waals surface area contributed by atoms with Crippen molar-refractivity contribution in [3.05, 3.63) is 173 Å². The summed E-state index contributed by atoms with van der Waals surface area (Å²) in [6, 6.07) is 28.4. The highest BCUT2D eigenvalue weighted by atomic mass is 16.5. The number of benzene rings is 6. The maximum absolute atomic E-state index is 7.19. The summed E-state index contributed by atoms with van der Waals surface area (Å²) in [4.78, 5) is 0. The molecule has 0 aliphatic heterocycles. The molecule has 12 bridgehead atoms. The lowest BCUT2D eigenvalue weighted by atomic mass is 9.79. The first-order chi connectivity index (χ1) is 45.1. The molecule has 0 spiro atoms. The Morgan fingerprint density at radius 1 is 0.188 bits per heavy atom. The van der Waals surface area contributed by atoms with Crippen LogP contribution in [0.4, 0.5) is 0 Å². The molecule has 0 saturated heterocycles. The third kappa shape index (κ3) is 20.5. The molecule has 528 valence electrons. The van der Waals surface area contributed by atoms with Crippen molar-refractivity contribution in [1.82, 2.24) is 0 Å². The highest BCUT2D eigenvalue weighted by molar-refractivity contribution is 5.62. The molecule has 1 aliphatic rings. The first-order valence-electron chi connectivity index (χ1n) is 34.8. The van der Waals surface area contributed by atoms with Gasteiger partial charge in [0, 0.05) is 81.2 Å². The van der Waals surface area contributed by atoms with E-state index >= 15 is 0 Å². The molecule has 0 heterocycles. The Bertz CT molecular complexity index is 2790.